The first-order valence-electron chi connectivity index (χ1n) is 9.77. The minimum Gasteiger partial charge on any atom is -0.454 e. The molecule has 4 nitrogen and oxygen atoms in total. The molecule has 0 unspecified atom stereocenters. The molecule has 7 rings (SSSR count). The summed E-state index contributed by atoms with van der Waals surface area (Å²) in [5.41, 5.74) is 7.00. The van der Waals surface area contributed by atoms with E-state index in [2.05, 4.69) is 79.5 Å². The number of hydrogen-bond donors (Lipinski definition) is 0. The van der Waals surface area contributed by atoms with E-state index in [1.165, 1.54) is 0 Å². The van der Waals surface area contributed by atoms with Crippen LogP contribution in [-0.4, -0.2) is 14.0 Å². The second-order valence-electron chi connectivity index (χ2n) is 7.46. The summed E-state index contributed by atoms with van der Waals surface area (Å²) in [6.45, 7) is 0. The lowest BCUT2D eigenvalue weighted by Gasteiger charge is -2.05. The molecule has 0 fully saturated rings. The van der Waals surface area contributed by atoms with E-state index >= 15 is 0 Å². The number of hydrogen-bond acceptors (Lipinski definition) is 2. The van der Waals surface area contributed by atoms with Gasteiger partial charge < -0.3 is 4.42 Å². The van der Waals surface area contributed by atoms with Crippen LogP contribution in [0.25, 0.3) is 55.5 Å². The summed E-state index contributed by atoms with van der Waals surface area (Å²) in [5.74, 6) is 0.872. The van der Waals surface area contributed by atoms with Crippen molar-refractivity contribution in [1.82, 2.24) is 14.0 Å². The van der Waals surface area contributed by atoms with Crippen LogP contribution in [0.5, 0.6) is 0 Å². The average molecular weight is 452 g/mol. The molecule has 142 valence electrons. The van der Waals surface area contributed by atoms with E-state index in [4.69, 9.17) is 9.40 Å². The van der Waals surface area contributed by atoms with Gasteiger partial charge in [0.2, 0.25) is 5.78 Å². The Morgan fingerprint density at radius 1 is 0.733 bits per heavy atom. The lowest BCUT2D eigenvalue weighted by atomic mass is 10.1. The van der Waals surface area contributed by atoms with Gasteiger partial charge in [0, 0.05) is 15.2 Å². The molecule has 0 aliphatic carbocycles. The first-order valence-corrected chi connectivity index (χ1v) is 10.6. The second kappa shape index (κ2) is 5.74. The minimum atomic E-state index is 0.871. The van der Waals surface area contributed by atoms with Crippen molar-refractivity contribution < 1.29 is 4.42 Å². The smallest absolute Gasteiger partial charge is 0.220 e. The largest absolute Gasteiger partial charge is 0.454 e. The predicted molar refractivity (Wildman–Crippen MR) is 125 cm³/mol. The normalized spacial score (nSPS) is 12.2. The third-order valence-corrected chi connectivity index (χ3v) is 6.28. The van der Waals surface area contributed by atoms with Crippen LogP contribution >= 0.6 is 15.9 Å². The molecule has 0 aliphatic rings. The van der Waals surface area contributed by atoms with Gasteiger partial charge in [0.25, 0.3) is 0 Å². The fourth-order valence-corrected chi connectivity index (χ4v) is 4.87. The predicted octanol–water partition coefficient (Wildman–Crippen LogP) is 7.09. The maximum Gasteiger partial charge on any atom is 0.220 e. The van der Waals surface area contributed by atoms with Crippen LogP contribution in [0, 0.1) is 0 Å². The van der Waals surface area contributed by atoms with Gasteiger partial charge in [0.1, 0.15) is 5.58 Å². The van der Waals surface area contributed by atoms with Crippen molar-refractivity contribution in [2.24, 2.45) is 0 Å². The van der Waals surface area contributed by atoms with Gasteiger partial charge in [-0.15, -0.1) is 0 Å². The number of rotatable bonds is 1. The molecule has 0 N–H and O–H groups in total. The van der Waals surface area contributed by atoms with E-state index < -0.39 is 0 Å². The van der Waals surface area contributed by atoms with E-state index in [-0.39, 0.29) is 0 Å². The number of furan rings is 1. The third kappa shape index (κ3) is 2.02. The molecular formula is C25H14BrN3O. The molecule has 3 heterocycles. The van der Waals surface area contributed by atoms with Crippen molar-refractivity contribution in [3.05, 3.63) is 89.4 Å². The van der Waals surface area contributed by atoms with Gasteiger partial charge in [-0.2, -0.15) is 0 Å². The molecule has 4 aromatic carbocycles. The maximum absolute atomic E-state index is 6.33. The van der Waals surface area contributed by atoms with Gasteiger partial charge in [-0.25, -0.2) is 4.98 Å². The number of fused-ring (bicyclic) bond motifs is 8. The Labute approximate surface area is 179 Å². The van der Waals surface area contributed by atoms with Crippen LogP contribution in [0.4, 0.5) is 0 Å². The Morgan fingerprint density at radius 3 is 2.47 bits per heavy atom. The average Bonchev–Trinajstić information content (AvgIpc) is 3.42. The standard InChI is InChI=1S/C25H14BrN3O/c26-15-12-13-18-22(14-15)29-20-9-3-2-8-19(20)28(25(29)27-18)21-10-5-7-17-16-6-1-4-11-23(16)30-24(17)21/h1-14H. The second-order valence-corrected chi connectivity index (χ2v) is 8.37. The Balaban J connectivity index is 1.71. The highest BCUT2D eigenvalue weighted by Crippen LogP contribution is 2.36. The van der Waals surface area contributed by atoms with E-state index in [1.54, 1.807) is 0 Å². The van der Waals surface area contributed by atoms with Gasteiger partial charge in [-0.05, 0) is 42.5 Å². The third-order valence-electron chi connectivity index (χ3n) is 5.79. The van der Waals surface area contributed by atoms with Gasteiger partial charge in [-0.1, -0.05) is 58.4 Å². The van der Waals surface area contributed by atoms with Crippen LogP contribution in [0.15, 0.2) is 93.8 Å². The number of aromatic nitrogens is 3. The van der Waals surface area contributed by atoms with Crippen molar-refractivity contribution >= 4 is 65.7 Å². The van der Waals surface area contributed by atoms with Crippen molar-refractivity contribution in [1.29, 1.82) is 0 Å². The zero-order valence-corrected chi connectivity index (χ0v) is 17.3. The molecule has 30 heavy (non-hydrogen) atoms. The summed E-state index contributed by atoms with van der Waals surface area (Å²) in [4.78, 5) is 4.99. The Bertz CT molecular complexity index is 1770. The molecular weight excluding hydrogens is 438 g/mol. The van der Waals surface area contributed by atoms with Crippen molar-refractivity contribution in [2.45, 2.75) is 0 Å². The highest BCUT2D eigenvalue weighted by Gasteiger charge is 2.20. The molecule has 0 saturated carbocycles. The zero-order valence-electron chi connectivity index (χ0n) is 15.7. The van der Waals surface area contributed by atoms with E-state index in [0.717, 1.165) is 59.9 Å². The highest BCUT2D eigenvalue weighted by molar-refractivity contribution is 9.10. The van der Waals surface area contributed by atoms with Crippen molar-refractivity contribution in [3.8, 4) is 5.69 Å². The van der Waals surface area contributed by atoms with Crippen LogP contribution in [0.2, 0.25) is 0 Å². The van der Waals surface area contributed by atoms with Gasteiger partial charge in [0.15, 0.2) is 5.58 Å². The quantitative estimate of drug-likeness (QED) is 0.267. The van der Waals surface area contributed by atoms with Crippen LogP contribution in [-0.2, 0) is 0 Å². The molecule has 0 bridgehead atoms. The van der Waals surface area contributed by atoms with E-state index in [9.17, 15) is 0 Å². The van der Waals surface area contributed by atoms with Crippen molar-refractivity contribution in [3.63, 3.8) is 0 Å². The summed E-state index contributed by atoms with van der Waals surface area (Å²) < 4.78 is 11.8. The highest BCUT2D eigenvalue weighted by atomic mass is 79.9. The van der Waals surface area contributed by atoms with Gasteiger partial charge in [-0.3, -0.25) is 8.97 Å². The number of imidazole rings is 2. The summed E-state index contributed by atoms with van der Waals surface area (Å²) in [6.07, 6.45) is 0. The number of halogens is 1. The number of benzene rings is 4. The molecule has 3 aromatic heterocycles. The van der Waals surface area contributed by atoms with E-state index in [0.29, 0.717) is 0 Å². The zero-order chi connectivity index (χ0) is 19.8. The summed E-state index contributed by atoms with van der Waals surface area (Å²) in [6, 6.07) is 29.1. The number of nitrogens with zero attached hydrogens (tertiary/aromatic N) is 3. The maximum atomic E-state index is 6.33. The van der Waals surface area contributed by atoms with Crippen LogP contribution in [0.3, 0.4) is 0 Å². The SMILES string of the molecule is Brc1ccc2nc3n(-c4cccc5c4oc4ccccc45)c4ccccc4n3c2c1. The fourth-order valence-electron chi connectivity index (χ4n) is 4.52. The molecule has 0 atom stereocenters. The molecule has 0 radical (unpaired) electrons. The molecule has 0 amide bonds. The number of para-hydroxylation sites is 4. The Morgan fingerprint density at radius 2 is 1.53 bits per heavy atom. The molecule has 0 aliphatic heterocycles. The summed E-state index contributed by atoms with van der Waals surface area (Å²) in [7, 11) is 0. The lowest BCUT2D eigenvalue weighted by molar-refractivity contribution is 0.666. The first kappa shape index (κ1) is 16.3. The fraction of sp³-hybridized carbons (Fsp3) is 0. The summed E-state index contributed by atoms with van der Waals surface area (Å²) in [5, 5.41) is 2.23. The van der Waals surface area contributed by atoms with Crippen molar-refractivity contribution in [2.75, 3.05) is 0 Å². The van der Waals surface area contributed by atoms with Gasteiger partial charge >= 0.3 is 0 Å². The Hall–Kier alpha value is -3.57. The molecule has 7 aromatic rings. The lowest BCUT2D eigenvalue weighted by Crippen LogP contribution is -1.95. The van der Waals surface area contributed by atoms with Gasteiger partial charge in [0.05, 0.1) is 27.8 Å². The Kier molecular flexibility index (Phi) is 3.11. The topological polar surface area (TPSA) is 35.4 Å². The van der Waals surface area contributed by atoms with E-state index in [1.807, 2.05) is 30.3 Å². The molecule has 0 saturated heterocycles. The summed E-state index contributed by atoms with van der Waals surface area (Å²) >= 11 is 3.61. The first-order chi connectivity index (χ1) is 14.8. The molecule has 5 heteroatoms. The minimum absolute atomic E-state index is 0.871. The molecule has 0 spiro atoms. The monoisotopic (exact) mass is 451 g/mol. The van der Waals surface area contributed by atoms with Crippen LogP contribution in [0.1, 0.15) is 0 Å². The van der Waals surface area contributed by atoms with Crippen LogP contribution < -0.4 is 0 Å².